The summed E-state index contributed by atoms with van der Waals surface area (Å²) in [6, 6.07) is 17.5. The first-order chi connectivity index (χ1) is 15.5. The molecule has 0 atom stereocenters. The molecule has 32 heavy (non-hydrogen) atoms. The largest absolute Gasteiger partial charge is 0.380 e. The Bertz CT molecular complexity index is 1300. The molecule has 0 spiro atoms. The van der Waals surface area contributed by atoms with Crippen molar-refractivity contribution >= 4 is 10.8 Å². The van der Waals surface area contributed by atoms with Crippen LogP contribution in [0.4, 0.5) is 13.2 Å². The molecular weight excluding hydrogens is 411 g/mol. The maximum Gasteiger partial charge on any atom is 0.195 e. The first kappa shape index (κ1) is 21.6. The van der Waals surface area contributed by atoms with Crippen LogP contribution in [-0.4, -0.2) is 12.1 Å². The molecule has 0 fully saturated rings. The molecule has 0 N–H and O–H groups in total. The first-order valence-corrected chi connectivity index (χ1v) is 10.1. The topological polar surface area (TPSA) is 22.1 Å². The number of fused-ring (bicyclic) bond motifs is 1. The normalized spacial score (nSPS) is 10.8. The van der Waals surface area contributed by atoms with Gasteiger partial charge in [0, 0.05) is 35.5 Å². The molecule has 0 aliphatic rings. The maximum absolute atomic E-state index is 13.8. The summed E-state index contributed by atoms with van der Waals surface area (Å²) in [4.78, 5) is 4.46. The van der Waals surface area contributed by atoms with Crippen molar-refractivity contribution in [3.8, 4) is 11.8 Å². The van der Waals surface area contributed by atoms with Gasteiger partial charge in [0.05, 0.1) is 6.61 Å². The van der Waals surface area contributed by atoms with Gasteiger partial charge in [-0.3, -0.25) is 4.98 Å². The molecule has 5 heteroatoms. The first-order valence-electron chi connectivity index (χ1n) is 10.1. The SMILES string of the molecule is COCc1ccc(CCc2ccc(C#Cc3ccc4c(F)c(F)c(F)cc4c3)cc2)nc1. The number of pyridine rings is 1. The van der Waals surface area contributed by atoms with E-state index < -0.39 is 17.5 Å². The second-order valence-electron chi connectivity index (χ2n) is 7.46. The molecule has 0 saturated carbocycles. The van der Waals surface area contributed by atoms with Gasteiger partial charge in [0.1, 0.15) is 0 Å². The molecule has 2 nitrogen and oxygen atoms in total. The van der Waals surface area contributed by atoms with Crippen LogP contribution in [0.1, 0.15) is 27.9 Å². The number of hydrogen-bond acceptors (Lipinski definition) is 2. The Balaban J connectivity index is 1.42. The highest BCUT2D eigenvalue weighted by molar-refractivity contribution is 5.84. The summed E-state index contributed by atoms with van der Waals surface area (Å²) < 4.78 is 45.8. The third-order valence-electron chi connectivity index (χ3n) is 5.14. The fraction of sp³-hybridized carbons (Fsp3) is 0.148. The van der Waals surface area contributed by atoms with Gasteiger partial charge >= 0.3 is 0 Å². The standard InChI is InChI=1S/C27H20F3NO/c1-32-17-21-9-12-23(31-16-21)11-8-19-4-2-18(3-5-19)6-7-20-10-13-24-22(14-20)15-25(28)27(30)26(24)29/h2-5,9-10,12-16H,8,11,17H2,1H3. The van der Waals surface area contributed by atoms with Gasteiger partial charge in [0.2, 0.25) is 0 Å². The molecule has 0 saturated heterocycles. The van der Waals surface area contributed by atoms with Gasteiger partial charge in [0.15, 0.2) is 17.5 Å². The van der Waals surface area contributed by atoms with Crippen molar-refractivity contribution in [3.63, 3.8) is 0 Å². The van der Waals surface area contributed by atoms with Gasteiger partial charge in [-0.1, -0.05) is 36.1 Å². The van der Waals surface area contributed by atoms with Crippen LogP contribution in [0, 0.1) is 29.3 Å². The Kier molecular flexibility index (Phi) is 6.53. The third kappa shape index (κ3) is 4.99. The zero-order chi connectivity index (χ0) is 22.5. The van der Waals surface area contributed by atoms with E-state index in [1.807, 2.05) is 42.6 Å². The van der Waals surface area contributed by atoms with Crippen LogP contribution < -0.4 is 0 Å². The molecule has 160 valence electrons. The molecule has 0 bridgehead atoms. The molecule has 0 aliphatic heterocycles. The average molecular weight is 431 g/mol. The van der Waals surface area contributed by atoms with Gasteiger partial charge in [-0.2, -0.15) is 0 Å². The van der Waals surface area contributed by atoms with Gasteiger partial charge in [0.25, 0.3) is 0 Å². The van der Waals surface area contributed by atoms with E-state index in [9.17, 15) is 13.2 Å². The Morgan fingerprint density at radius 3 is 2.22 bits per heavy atom. The number of benzene rings is 3. The molecule has 1 aromatic heterocycles. The highest BCUT2D eigenvalue weighted by atomic mass is 19.2. The summed E-state index contributed by atoms with van der Waals surface area (Å²) in [7, 11) is 1.66. The minimum atomic E-state index is -1.46. The average Bonchev–Trinajstić information content (AvgIpc) is 2.81. The zero-order valence-corrected chi connectivity index (χ0v) is 17.5. The van der Waals surface area contributed by atoms with E-state index in [0.717, 1.165) is 35.7 Å². The summed E-state index contributed by atoms with van der Waals surface area (Å²) in [5, 5.41) is 0.300. The number of methoxy groups -OCH3 is 1. The van der Waals surface area contributed by atoms with E-state index in [1.54, 1.807) is 19.2 Å². The van der Waals surface area contributed by atoms with E-state index in [-0.39, 0.29) is 10.8 Å². The van der Waals surface area contributed by atoms with Crippen LogP contribution in [0.5, 0.6) is 0 Å². The van der Waals surface area contributed by atoms with Gasteiger partial charge in [-0.25, -0.2) is 13.2 Å². The lowest BCUT2D eigenvalue weighted by molar-refractivity contribution is 0.184. The molecule has 4 aromatic rings. The van der Waals surface area contributed by atoms with Crippen LogP contribution in [0.15, 0.2) is 66.9 Å². The molecular formula is C27H20F3NO. The second-order valence-corrected chi connectivity index (χ2v) is 7.46. The molecule has 4 rings (SSSR count). The van der Waals surface area contributed by atoms with Crippen molar-refractivity contribution in [2.24, 2.45) is 0 Å². The number of aromatic nitrogens is 1. The molecule has 3 aromatic carbocycles. The molecule has 0 amide bonds. The van der Waals surface area contributed by atoms with Crippen LogP contribution in [-0.2, 0) is 24.2 Å². The number of rotatable bonds is 5. The Morgan fingerprint density at radius 1 is 0.781 bits per heavy atom. The lowest BCUT2D eigenvalue weighted by atomic mass is 10.0. The van der Waals surface area contributed by atoms with E-state index in [1.165, 1.54) is 11.6 Å². The Morgan fingerprint density at radius 2 is 1.50 bits per heavy atom. The van der Waals surface area contributed by atoms with E-state index in [0.29, 0.717) is 12.2 Å². The van der Waals surface area contributed by atoms with Crippen molar-refractivity contribution in [3.05, 3.63) is 112 Å². The van der Waals surface area contributed by atoms with E-state index in [2.05, 4.69) is 16.8 Å². The van der Waals surface area contributed by atoms with Crippen LogP contribution in [0.3, 0.4) is 0 Å². The number of halogens is 3. The van der Waals surface area contributed by atoms with Crippen LogP contribution in [0.25, 0.3) is 10.8 Å². The smallest absolute Gasteiger partial charge is 0.195 e. The second kappa shape index (κ2) is 9.67. The van der Waals surface area contributed by atoms with Gasteiger partial charge in [-0.05, 0) is 65.8 Å². The summed E-state index contributed by atoms with van der Waals surface area (Å²) in [5.74, 6) is 2.18. The Labute approximate surface area is 184 Å². The van der Waals surface area contributed by atoms with E-state index in [4.69, 9.17) is 4.74 Å². The monoisotopic (exact) mass is 431 g/mol. The molecule has 1 heterocycles. The molecule has 0 radical (unpaired) electrons. The zero-order valence-electron chi connectivity index (χ0n) is 17.5. The third-order valence-corrected chi connectivity index (χ3v) is 5.14. The number of aryl methyl sites for hydroxylation is 2. The van der Waals surface area contributed by atoms with Gasteiger partial charge in [-0.15, -0.1) is 0 Å². The lowest BCUT2D eigenvalue weighted by Gasteiger charge is -2.04. The summed E-state index contributed by atoms with van der Waals surface area (Å²) in [5.41, 5.74) is 4.67. The summed E-state index contributed by atoms with van der Waals surface area (Å²) in [6.07, 6.45) is 3.54. The lowest BCUT2D eigenvalue weighted by Crippen LogP contribution is -1.96. The van der Waals surface area contributed by atoms with E-state index >= 15 is 0 Å². The van der Waals surface area contributed by atoms with Crippen molar-refractivity contribution in [2.75, 3.05) is 7.11 Å². The minimum absolute atomic E-state index is 0.0293. The maximum atomic E-state index is 13.8. The number of nitrogens with zero attached hydrogens (tertiary/aromatic N) is 1. The van der Waals surface area contributed by atoms with Crippen molar-refractivity contribution in [1.29, 1.82) is 0 Å². The fourth-order valence-electron chi connectivity index (χ4n) is 3.41. The Hall–Kier alpha value is -3.62. The van der Waals surface area contributed by atoms with Crippen LogP contribution in [0.2, 0.25) is 0 Å². The molecule has 0 aliphatic carbocycles. The number of hydrogen-bond donors (Lipinski definition) is 0. The van der Waals surface area contributed by atoms with Crippen molar-refractivity contribution in [1.82, 2.24) is 4.98 Å². The summed E-state index contributed by atoms with van der Waals surface area (Å²) in [6.45, 7) is 0.557. The minimum Gasteiger partial charge on any atom is -0.380 e. The fourth-order valence-corrected chi connectivity index (χ4v) is 3.41. The number of ether oxygens (including phenoxy) is 1. The highest BCUT2D eigenvalue weighted by Gasteiger charge is 2.13. The predicted molar refractivity (Wildman–Crippen MR) is 119 cm³/mol. The van der Waals surface area contributed by atoms with Crippen molar-refractivity contribution < 1.29 is 17.9 Å². The highest BCUT2D eigenvalue weighted by Crippen LogP contribution is 2.24. The van der Waals surface area contributed by atoms with Crippen molar-refractivity contribution in [2.45, 2.75) is 19.4 Å². The molecule has 0 unspecified atom stereocenters. The van der Waals surface area contributed by atoms with Crippen LogP contribution >= 0.6 is 0 Å². The van der Waals surface area contributed by atoms with Gasteiger partial charge < -0.3 is 4.74 Å². The predicted octanol–water partition coefficient (Wildman–Crippen LogP) is 5.98. The quantitative estimate of drug-likeness (QED) is 0.286. The summed E-state index contributed by atoms with van der Waals surface area (Å²) >= 11 is 0.